The predicted octanol–water partition coefficient (Wildman–Crippen LogP) is 11.5. The number of pyridine rings is 1. The molecule has 4 bridgehead atoms. The second kappa shape index (κ2) is 15.7. The van der Waals surface area contributed by atoms with Gasteiger partial charge < -0.3 is 4.37 Å². The molecule has 0 saturated heterocycles. The Morgan fingerprint density at radius 2 is 1.30 bits per heavy atom. The van der Waals surface area contributed by atoms with Crippen LogP contribution in [0.4, 0.5) is 0 Å². The first kappa shape index (κ1) is 32.2. The van der Waals surface area contributed by atoms with Crippen LogP contribution in [0.5, 0.6) is 0 Å². The number of aromatic amines is 1. The summed E-state index contributed by atoms with van der Waals surface area (Å²) in [6.07, 6.45) is 7.54. The fourth-order valence-corrected chi connectivity index (χ4v) is 8.21. The van der Waals surface area contributed by atoms with E-state index in [9.17, 15) is 0 Å². The third-order valence-corrected chi connectivity index (χ3v) is 10.4. The fourth-order valence-electron chi connectivity index (χ4n) is 4.90. The number of thiophene rings is 2. The van der Waals surface area contributed by atoms with Gasteiger partial charge in [0.25, 0.3) is 0 Å². The zero-order valence-corrected chi connectivity index (χ0v) is 29.0. The first-order valence-electron chi connectivity index (χ1n) is 14.9. The molecule has 5 nitrogen and oxygen atoms in total. The molecule has 0 saturated carbocycles. The van der Waals surface area contributed by atoms with Crippen molar-refractivity contribution in [2.45, 2.75) is 11.9 Å². The minimum absolute atomic E-state index is 0.746. The van der Waals surface area contributed by atoms with Crippen LogP contribution in [-0.2, 0) is 0 Å². The highest BCUT2D eigenvalue weighted by atomic mass is 32.1. The van der Waals surface area contributed by atoms with Gasteiger partial charge in [-0.3, -0.25) is 14.1 Å². The molecule has 0 atom stereocenters. The number of fused-ring (bicyclic) bond motifs is 4. The van der Waals surface area contributed by atoms with Crippen LogP contribution in [0.3, 0.4) is 0 Å². The Morgan fingerprint density at radius 3 is 2.02 bits per heavy atom. The molecule has 0 amide bonds. The third kappa shape index (κ3) is 7.61. The summed E-state index contributed by atoms with van der Waals surface area (Å²) >= 11 is 9.98. The summed E-state index contributed by atoms with van der Waals surface area (Å²) in [5, 5.41) is 0.746. The van der Waals surface area contributed by atoms with Crippen LogP contribution in [0.2, 0.25) is 0 Å². The van der Waals surface area contributed by atoms with Crippen molar-refractivity contribution in [2.75, 3.05) is 0 Å². The minimum atomic E-state index is 0.746. The second-order valence-corrected chi connectivity index (χ2v) is 13.5. The highest BCUT2D eigenvalue weighted by molar-refractivity contribution is 7.80. The van der Waals surface area contributed by atoms with Gasteiger partial charge in [0.15, 0.2) is 0 Å². The maximum Gasteiger partial charge on any atom is 0.113 e. The van der Waals surface area contributed by atoms with E-state index in [2.05, 4.69) is 110 Å². The molecule has 0 aliphatic rings. The SMILES string of the molecule is C=C/C=C(\c1ncccc1C)n1c(S)ccccccc[nH]sn(-c2ccccc2)c2ccc(s2)n(-c2ccccc2)c2ccc1s2. The molecule has 234 valence electrons. The van der Waals surface area contributed by atoms with Crippen molar-refractivity contribution < 1.29 is 0 Å². The van der Waals surface area contributed by atoms with E-state index in [1.54, 1.807) is 28.7 Å². The monoisotopic (exact) mass is 687 g/mol. The summed E-state index contributed by atoms with van der Waals surface area (Å²) in [6, 6.07) is 45.5. The average Bonchev–Trinajstić information content (AvgIpc) is 3.77. The Balaban J connectivity index is 1.74. The van der Waals surface area contributed by atoms with Crippen LogP contribution in [-0.4, -0.2) is 22.4 Å². The van der Waals surface area contributed by atoms with E-state index in [4.69, 9.17) is 17.6 Å². The van der Waals surface area contributed by atoms with Gasteiger partial charge in [-0.15, -0.1) is 12.6 Å². The normalized spacial score (nSPS) is 11.0. The molecule has 6 rings (SSSR count). The molecule has 0 aliphatic carbocycles. The van der Waals surface area contributed by atoms with E-state index in [0.717, 1.165) is 52.7 Å². The van der Waals surface area contributed by atoms with Crippen molar-refractivity contribution in [3.05, 3.63) is 176 Å². The number of benzene rings is 2. The van der Waals surface area contributed by atoms with Gasteiger partial charge in [-0.05, 0) is 85.3 Å². The molecule has 47 heavy (non-hydrogen) atoms. The smallest absolute Gasteiger partial charge is 0.113 e. The number of para-hydroxylation sites is 2. The van der Waals surface area contributed by atoms with Gasteiger partial charge in [-0.2, -0.15) is 0 Å². The third-order valence-electron chi connectivity index (χ3n) is 7.02. The Morgan fingerprint density at radius 1 is 0.702 bits per heavy atom. The number of hydrogen-bond donors (Lipinski definition) is 2. The van der Waals surface area contributed by atoms with E-state index in [0.29, 0.717) is 0 Å². The number of H-pyrrole nitrogens is 1. The summed E-state index contributed by atoms with van der Waals surface area (Å²) in [7, 11) is 0. The number of hydrogen-bond acceptors (Lipinski definition) is 5. The lowest BCUT2D eigenvalue weighted by Crippen LogP contribution is -2.04. The number of aryl methyl sites for hydroxylation is 1. The summed E-state index contributed by atoms with van der Waals surface area (Å²) < 4.78 is 10.0. The lowest BCUT2D eigenvalue weighted by atomic mass is 10.1. The van der Waals surface area contributed by atoms with E-state index in [1.165, 1.54) is 11.7 Å². The summed E-state index contributed by atoms with van der Waals surface area (Å²) in [6.45, 7) is 6.10. The van der Waals surface area contributed by atoms with Crippen LogP contribution >= 0.6 is 47.0 Å². The molecule has 4 aromatic heterocycles. The second-order valence-electron chi connectivity index (χ2n) is 10.2. The van der Waals surface area contributed by atoms with Crippen molar-refractivity contribution in [3.8, 4) is 11.4 Å². The van der Waals surface area contributed by atoms with Gasteiger partial charge in [0.2, 0.25) is 0 Å². The van der Waals surface area contributed by atoms with E-state index < -0.39 is 0 Å². The largest absolute Gasteiger partial charge is 0.304 e. The maximum absolute atomic E-state index is 5.04. The number of rotatable bonds is 5. The predicted molar refractivity (Wildman–Crippen MR) is 206 cm³/mol. The number of nitrogens with one attached hydrogen (secondary N) is 1. The van der Waals surface area contributed by atoms with Crippen molar-refractivity contribution in [2.24, 2.45) is 0 Å². The highest BCUT2D eigenvalue weighted by Crippen LogP contribution is 2.32. The Labute approximate surface area is 292 Å². The van der Waals surface area contributed by atoms with Crippen LogP contribution < -0.4 is 0 Å². The van der Waals surface area contributed by atoms with E-state index in [1.807, 2.05) is 73.1 Å². The van der Waals surface area contributed by atoms with Gasteiger partial charge in [0, 0.05) is 29.8 Å². The van der Waals surface area contributed by atoms with E-state index in [-0.39, 0.29) is 0 Å². The Hall–Kier alpha value is -4.80. The lowest BCUT2D eigenvalue weighted by molar-refractivity contribution is 0.988. The van der Waals surface area contributed by atoms with Gasteiger partial charge in [-0.1, -0.05) is 102 Å². The fraction of sp³-hybridized carbons (Fsp3) is 0.0263. The first-order valence-corrected chi connectivity index (χ1v) is 17.8. The topological polar surface area (TPSA) is 43.5 Å². The zero-order chi connectivity index (χ0) is 32.4. The van der Waals surface area contributed by atoms with Crippen molar-refractivity contribution >= 4 is 72.0 Å². The quantitative estimate of drug-likeness (QED) is 0.137. The molecule has 1 N–H and O–H groups in total. The summed E-state index contributed by atoms with van der Waals surface area (Å²) in [4.78, 5) is 9.02. The molecule has 0 aliphatic heterocycles. The molecule has 0 unspecified atom stereocenters. The van der Waals surface area contributed by atoms with Crippen LogP contribution in [0.25, 0.3) is 36.4 Å². The molecular formula is C38H33N5S4. The molecule has 2 aromatic carbocycles. The standard InChI is InChI=1S/C38H33N5S4/c1-3-16-32(38-29(2)17-15-27-39-38)42-33(44)22-13-5-4-6-14-28-40-47-43(31-20-11-8-12-21-31)37-26-25-35(46-37)41(30-18-9-7-10-19-30)34-23-24-36(42)45-34/h3-28,40,44H,1H2,2H3/b6-4?,13-5?,28-14?,32-16+,33-22?. The Bertz CT molecular complexity index is 2250. The lowest BCUT2D eigenvalue weighted by Gasteiger charge is -2.15. The number of nitrogens with zero attached hydrogens (tertiary/aromatic N) is 4. The number of thiol groups is 1. The molecule has 0 spiro atoms. The molecule has 4 heterocycles. The summed E-state index contributed by atoms with van der Waals surface area (Å²) in [5.41, 5.74) is 4.96. The van der Waals surface area contributed by atoms with Gasteiger partial charge in [0.05, 0.1) is 22.1 Å². The van der Waals surface area contributed by atoms with Gasteiger partial charge >= 0.3 is 0 Å². The van der Waals surface area contributed by atoms with Crippen LogP contribution in [0.1, 0.15) is 11.3 Å². The van der Waals surface area contributed by atoms with Gasteiger partial charge in [-0.25, -0.2) is 3.96 Å². The number of aromatic nitrogens is 5. The average molecular weight is 688 g/mol. The number of allylic oxidation sites excluding steroid dienone is 2. The van der Waals surface area contributed by atoms with Crippen molar-refractivity contribution in [1.82, 2.24) is 22.4 Å². The molecule has 0 fully saturated rings. The molecular weight excluding hydrogens is 655 g/mol. The highest BCUT2D eigenvalue weighted by Gasteiger charge is 2.13. The van der Waals surface area contributed by atoms with Crippen molar-refractivity contribution in [3.63, 3.8) is 0 Å². The molecule has 0 radical (unpaired) electrons. The first-order chi connectivity index (χ1) is 23.1. The maximum atomic E-state index is 5.04. The minimum Gasteiger partial charge on any atom is -0.304 e. The van der Waals surface area contributed by atoms with Gasteiger partial charge in [0.1, 0.15) is 19.3 Å². The molecule has 9 heteroatoms. The summed E-state index contributed by atoms with van der Waals surface area (Å²) in [5.74, 6) is 0. The van der Waals surface area contributed by atoms with Crippen LogP contribution in [0.15, 0.2) is 170 Å². The Kier molecular flexibility index (Phi) is 10.7. The van der Waals surface area contributed by atoms with Crippen LogP contribution in [0, 0.1) is 6.92 Å². The van der Waals surface area contributed by atoms with Crippen molar-refractivity contribution in [1.29, 1.82) is 0 Å². The molecule has 6 aromatic rings. The van der Waals surface area contributed by atoms with E-state index >= 15 is 0 Å². The zero-order valence-electron chi connectivity index (χ0n) is 25.7.